The van der Waals surface area contributed by atoms with Crippen LogP contribution in [0.1, 0.15) is 32.9 Å². The Morgan fingerprint density at radius 1 is 1.41 bits per heavy atom. The van der Waals surface area contributed by atoms with Crippen LogP contribution in [0.15, 0.2) is 24.4 Å². The number of hydrogen-bond donors (Lipinski definition) is 1. The molecule has 0 aliphatic heterocycles. The summed E-state index contributed by atoms with van der Waals surface area (Å²) in [6.45, 7) is 7.61. The van der Waals surface area contributed by atoms with Crippen LogP contribution in [0.3, 0.4) is 0 Å². The Kier molecular flexibility index (Phi) is 4.63. The minimum absolute atomic E-state index is 0.0612. The molecular formula is C13H20N2O2. The van der Waals surface area contributed by atoms with E-state index in [9.17, 15) is 4.79 Å². The quantitative estimate of drug-likeness (QED) is 0.822. The third-order valence-corrected chi connectivity index (χ3v) is 3.17. The van der Waals surface area contributed by atoms with Crippen molar-refractivity contribution in [2.24, 2.45) is 0 Å². The summed E-state index contributed by atoms with van der Waals surface area (Å²) >= 11 is 0. The predicted molar refractivity (Wildman–Crippen MR) is 66.8 cm³/mol. The van der Waals surface area contributed by atoms with E-state index >= 15 is 0 Å². The smallest absolute Gasteiger partial charge is 0.305 e. The minimum atomic E-state index is -0.801. The van der Waals surface area contributed by atoms with Gasteiger partial charge in [-0.15, -0.1) is 0 Å². The SMILES string of the molecule is CCN(CC)C(C)(CC(=O)O)c1ccccn1. The number of rotatable bonds is 6. The van der Waals surface area contributed by atoms with Crippen LogP contribution in [0.4, 0.5) is 0 Å². The van der Waals surface area contributed by atoms with Gasteiger partial charge in [0.05, 0.1) is 17.7 Å². The van der Waals surface area contributed by atoms with Crippen LogP contribution in [-0.2, 0) is 10.3 Å². The van der Waals surface area contributed by atoms with Gasteiger partial charge >= 0.3 is 5.97 Å². The summed E-state index contributed by atoms with van der Waals surface area (Å²) in [5, 5.41) is 9.10. The number of carboxylic acids is 1. The van der Waals surface area contributed by atoms with Crippen LogP contribution in [0.25, 0.3) is 0 Å². The standard InChI is InChI=1S/C13H20N2O2/c1-4-15(5-2)13(3,10-12(16)17)11-8-6-7-9-14-11/h6-9H,4-5,10H2,1-3H3,(H,16,17). The van der Waals surface area contributed by atoms with E-state index in [0.717, 1.165) is 18.8 Å². The van der Waals surface area contributed by atoms with Crippen LogP contribution in [-0.4, -0.2) is 34.0 Å². The van der Waals surface area contributed by atoms with E-state index in [1.54, 1.807) is 6.20 Å². The molecule has 0 amide bonds. The van der Waals surface area contributed by atoms with E-state index in [4.69, 9.17) is 5.11 Å². The van der Waals surface area contributed by atoms with Crippen molar-refractivity contribution in [3.05, 3.63) is 30.1 Å². The maximum absolute atomic E-state index is 11.1. The highest BCUT2D eigenvalue weighted by atomic mass is 16.4. The molecule has 4 heteroatoms. The number of hydrogen-bond acceptors (Lipinski definition) is 3. The van der Waals surface area contributed by atoms with Gasteiger partial charge in [-0.2, -0.15) is 0 Å². The summed E-state index contributed by atoms with van der Waals surface area (Å²) < 4.78 is 0. The Morgan fingerprint density at radius 2 is 2.06 bits per heavy atom. The fraction of sp³-hybridized carbons (Fsp3) is 0.538. The largest absolute Gasteiger partial charge is 0.481 e. The van der Waals surface area contributed by atoms with Crippen LogP contribution < -0.4 is 0 Å². The first-order valence-corrected chi connectivity index (χ1v) is 5.93. The second-order valence-electron chi connectivity index (χ2n) is 4.23. The van der Waals surface area contributed by atoms with Crippen molar-refractivity contribution in [1.82, 2.24) is 9.88 Å². The highest BCUT2D eigenvalue weighted by molar-refractivity contribution is 5.68. The average Bonchev–Trinajstić information content (AvgIpc) is 2.30. The van der Waals surface area contributed by atoms with Crippen molar-refractivity contribution >= 4 is 5.97 Å². The molecule has 1 N–H and O–H groups in total. The van der Waals surface area contributed by atoms with E-state index in [1.807, 2.05) is 39.0 Å². The van der Waals surface area contributed by atoms with Gasteiger partial charge in [-0.25, -0.2) is 0 Å². The summed E-state index contributed by atoms with van der Waals surface area (Å²) in [4.78, 5) is 17.5. The topological polar surface area (TPSA) is 53.4 Å². The predicted octanol–water partition coefficient (Wildman–Crippen LogP) is 2.11. The molecule has 1 heterocycles. The number of nitrogens with zero attached hydrogens (tertiary/aromatic N) is 2. The van der Waals surface area contributed by atoms with Crippen LogP contribution >= 0.6 is 0 Å². The minimum Gasteiger partial charge on any atom is -0.481 e. The molecule has 0 aliphatic rings. The first-order valence-electron chi connectivity index (χ1n) is 5.93. The molecule has 1 atom stereocenters. The second-order valence-corrected chi connectivity index (χ2v) is 4.23. The summed E-state index contributed by atoms with van der Waals surface area (Å²) in [5.41, 5.74) is 0.266. The van der Waals surface area contributed by atoms with Crippen molar-refractivity contribution in [3.8, 4) is 0 Å². The molecule has 1 aromatic rings. The van der Waals surface area contributed by atoms with E-state index in [-0.39, 0.29) is 6.42 Å². The van der Waals surface area contributed by atoms with Gasteiger partial charge in [0.2, 0.25) is 0 Å². The Labute approximate surface area is 102 Å². The third kappa shape index (κ3) is 3.03. The first kappa shape index (κ1) is 13.6. The van der Waals surface area contributed by atoms with Crippen LogP contribution in [0, 0.1) is 0 Å². The molecule has 17 heavy (non-hydrogen) atoms. The molecular weight excluding hydrogens is 216 g/mol. The zero-order valence-corrected chi connectivity index (χ0v) is 10.7. The van der Waals surface area contributed by atoms with Gasteiger partial charge in [-0.1, -0.05) is 19.9 Å². The van der Waals surface area contributed by atoms with Crippen molar-refractivity contribution in [1.29, 1.82) is 0 Å². The Morgan fingerprint density at radius 3 is 2.47 bits per heavy atom. The number of carboxylic acid groups (broad SMARTS) is 1. The number of pyridine rings is 1. The monoisotopic (exact) mass is 236 g/mol. The molecule has 1 aromatic heterocycles. The fourth-order valence-corrected chi connectivity index (χ4v) is 2.26. The van der Waals surface area contributed by atoms with Crippen LogP contribution in [0.5, 0.6) is 0 Å². The van der Waals surface area contributed by atoms with E-state index < -0.39 is 11.5 Å². The summed E-state index contributed by atoms with van der Waals surface area (Å²) in [5.74, 6) is -0.801. The molecule has 0 saturated carbocycles. The molecule has 0 fully saturated rings. The molecule has 0 spiro atoms. The van der Waals surface area contributed by atoms with Gasteiger partial charge in [-0.05, 0) is 32.1 Å². The van der Waals surface area contributed by atoms with Gasteiger partial charge in [0.15, 0.2) is 0 Å². The molecule has 4 nitrogen and oxygen atoms in total. The lowest BCUT2D eigenvalue weighted by Crippen LogP contribution is -2.45. The van der Waals surface area contributed by atoms with Crippen molar-refractivity contribution < 1.29 is 9.90 Å². The van der Waals surface area contributed by atoms with Gasteiger partial charge in [0.1, 0.15) is 0 Å². The van der Waals surface area contributed by atoms with E-state index in [0.29, 0.717) is 0 Å². The molecule has 94 valence electrons. The lowest BCUT2D eigenvalue weighted by molar-refractivity contribution is -0.140. The van der Waals surface area contributed by atoms with Crippen molar-refractivity contribution in [2.75, 3.05) is 13.1 Å². The number of aromatic nitrogens is 1. The zero-order valence-electron chi connectivity index (χ0n) is 10.7. The third-order valence-electron chi connectivity index (χ3n) is 3.17. The zero-order chi connectivity index (χ0) is 12.9. The molecule has 0 aliphatic carbocycles. The van der Waals surface area contributed by atoms with Crippen LogP contribution in [0.2, 0.25) is 0 Å². The molecule has 1 rings (SSSR count). The van der Waals surface area contributed by atoms with Gasteiger partial charge in [-0.3, -0.25) is 14.7 Å². The second kappa shape index (κ2) is 5.77. The highest BCUT2D eigenvalue weighted by Gasteiger charge is 2.35. The molecule has 0 radical (unpaired) electrons. The Hall–Kier alpha value is -1.42. The average molecular weight is 236 g/mol. The number of aliphatic carboxylic acids is 1. The summed E-state index contributed by atoms with van der Waals surface area (Å²) in [7, 11) is 0. The Bertz CT molecular complexity index is 363. The Balaban J connectivity index is 3.13. The van der Waals surface area contributed by atoms with E-state index in [2.05, 4.69) is 9.88 Å². The maximum atomic E-state index is 11.1. The summed E-state index contributed by atoms with van der Waals surface area (Å²) in [6, 6.07) is 5.63. The normalized spacial score (nSPS) is 14.6. The van der Waals surface area contributed by atoms with Gasteiger partial charge in [0, 0.05) is 6.20 Å². The lowest BCUT2D eigenvalue weighted by Gasteiger charge is -2.38. The van der Waals surface area contributed by atoms with Crippen molar-refractivity contribution in [3.63, 3.8) is 0 Å². The van der Waals surface area contributed by atoms with Gasteiger partial charge < -0.3 is 5.11 Å². The summed E-state index contributed by atoms with van der Waals surface area (Å²) in [6.07, 6.45) is 1.77. The number of carbonyl (C=O) groups is 1. The maximum Gasteiger partial charge on any atom is 0.305 e. The molecule has 1 unspecified atom stereocenters. The fourth-order valence-electron chi connectivity index (χ4n) is 2.26. The highest BCUT2D eigenvalue weighted by Crippen LogP contribution is 2.30. The van der Waals surface area contributed by atoms with Gasteiger partial charge in [0.25, 0.3) is 0 Å². The molecule has 0 bridgehead atoms. The molecule has 0 saturated heterocycles. The molecule has 0 aromatic carbocycles. The van der Waals surface area contributed by atoms with E-state index in [1.165, 1.54) is 0 Å². The first-order chi connectivity index (χ1) is 8.04. The lowest BCUT2D eigenvalue weighted by atomic mass is 9.90. The van der Waals surface area contributed by atoms with Crippen molar-refractivity contribution in [2.45, 2.75) is 32.7 Å².